The van der Waals surface area contributed by atoms with Crippen molar-refractivity contribution in [2.45, 2.75) is 45.4 Å². The van der Waals surface area contributed by atoms with Crippen LogP contribution in [0.5, 0.6) is 0 Å². The fourth-order valence-electron chi connectivity index (χ4n) is 0.873. The standard InChI is InChI=1S/C8H16OS.K/c1-2-3-4-5-6-7-8(9)10;/h2-7H2,1H3,(H,9,10);/q;+1/p-1. The maximum atomic E-state index is 10.3. The van der Waals surface area contributed by atoms with Crippen LogP contribution in [0.3, 0.4) is 0 Å². The van der Waals surface area contributed by atoms with Gasteiger partial charge in [-0.05, 0) is 12.8 Å². The Morgan fingerprint density at radius 3 is 2.18 bits per heavy atom. The molecule has 0 aliphatic rings. The Morgan fingerprint density at radius 1 is 1.18 bits per heavy atom. The molecule has 0 amide bonds. The maximum absolute atomic E-state index is 10.3. The predicted octanol–water partition coefficient (Wildman–Crippen LogP) is -0.576. The minimum atomic E-state index is -0.0866. The van der Waals surface area contributed by atoms with Crippen molar-refractivity contribution in [2.24, 2.45) is 0 Å². The zero-order chi connectivity index (χ0) is 7.82. The summed E-state index contributed by atoms with van der Waals surface area (Å²) in [6.45, 7) is 2.18. The first-order valence-electron chi connectivity index (χ1n) is 3.97. The van der Waals surface area contributed by atoms with Crippen LogP contribution in [0.4, 0.5) is 0 Å². The van der Waals surface area contributed by atoms with E-state index in [4.69, 9.17) is 0 Å². The first kappa shape index (κ1) is 15.0. The fourth-order valence-corrected chi connectivity index (χ4v) is 1.02. The summed E-state index contributed by atoms with van der Waals surface area (Å²) in [6.07, 6.45) is 6.53. The summed E-state index contributed by atoms with van der Waals surface area (Å²) >= 11 is 4.42. The van der Waals surface area contributed by atoms with Crippen LogP contribution in [0.1, 0.15) is 45.4 Å². The molecule has 0 aromatic heterocycles. The topological polar surface area (TPSA) is 17.1 Å². The van der Waals surface area contributed by atoms with Gasteiger partial charge < -0.3 is 17.4 Å². The number of carbonyl (C=O) groups excluding carboxylic acids is 1. The van der Waals surface area contributed by atoms with Crippen LogP contribution in [0.2, 0.25) is 0 Å². The van der Waals surface area contributed by atoms with E-state index < -0.39 is 0 Å². The second kappa shape index (κ2) is 11.5. The van der Waals surface area contributed by atoms with Crippen LogP contribution in [0.15, 0.2) is 0 Å². The van der Waals surface area contributed by atoms with E-state index in [-0.39, 0.29) is 56.5 Å². The number of unbranched alkanes of at least 4 members (excludes halogenated alkanes) is 4. The molecule has 0 heterocycles. The van der Waals surface area contributed by atoms with Crippen molar-refractivity contribution in [3.63, 3.8) is 0 Å². The van der Waals surface area contributed by atoms with Gasteiger partial charge in [0.25, 0.3) is 0 Å². The van der Waals surface area contributed by atoms with Crippen molar-refractivity contribution in [1.29, 1.82) is 0 Å². The first-order chi connectivity index (χ1) is 4.77. The summed E-state index contributed by atoms with van der Waals surface area (Å²) in [5, 5.41) is -0.0866. The van der Waals surface area contributed by atoms with E-state index >= 15 is 0 Å². The van der Waals surface area contributed by atoms with E-state index in [1.54, 1.807) is 0 Å². The Labute approximate surface area is 118 Å². The number of rotatable bonds is 6. The number of hydrogen-bond acceptors (Lipinski definition) is 2. The first-order valence-corrected chi connectivity index (χ1v) is 4.38. The second-order valence-corrected chi connectivity index (χ2v) is 2.99. The molecule has 0 aliphatic carbocycles. The van der Waals surface area contributed by atoms with Crippen molar-refractivity contribution in [2.75, 3.05) is 0 Å². The molecule has 0 saturated heterocycles. The van der Waals surface area contributed by atoms with Crippen LogP contribution >= 0.6 is 0 Å². The predicted molar refractivity (Wildman–Crippen MR) is 45.7 cm³/mol. The molecule has 3 heteroatoms. The van der Waals surface area contributed by atoms with Gasteiger partial charge in [0.05, 0.1) is 0 Å². The van der Waals surface area contributed by atoms with Crippen molar-refractivity contribution in [3.8, 4) is 0 Å². The summed E-state index contributed by atoms with van der Waals surface area (Å²) in [7, 11) is 0. The monoisotopic (exact) mass is 198 g/mol. The molecule has 0 N–H and O–H groups in total. The minimum Gasteiger partial charge on any atom is -0.742 e. The van der Waals surface area contributed by atoms with Gasteiger partial charge >= 0.3 is 51.4 Å². The zero-order valence-corrected chi connectivity index (χ0v) is 11.5. The Bertz CT molecular complexity index is 96.1. The summed E-state index contributed by atoms with van der Waals surface area (Å²) < 4.78 is 0. The van der Waals surface area contributed by atoms with Crippen molar-refractivity contribution in [3.05, 3.63) is 0 Å². The number of carbonyl (C=O) groups is 1. The van der Waals surface area contributed by atoms with Gasteiger partial charge in [-0.25, -0.2) is 0 Å². The molecule has 0 fully saturated rings. The molecule has 0 aliphatic heterocycles. The number of hydrogen-bond donors (Lipinski definition) is 0. The molecule has 0 aromatic carbocycles. The summed E-state index contributed by atoms with van der Waals surface area (Å²) in [6, 6.07) is 0. The maximum Gasteiger partial charge on any atom is 1.00 e. The van der Waals surface area contributed by atoms with Crippen LogP contribution in [-0.2, 0) is 17.4 Å². The summed E-state index contributed by atoms with van der Waals surface area (Å²) in [5.74, 6) is 0. The van der Waals surface area contributed by atoms with E-state index in [1.165, 1.54) is 19.3 Å². The Kier molecular flexibility index (Phi) is 15.7. The largest absolute Gasteiger partial charge is 1.00 e. The van der Waals surface area contributed by atoms with Crippen molar-refractivity contribution < 1.29 is 56.2 Å². The fraction of sp³-hybridized carbons (Fsp3) is 0.875. The van der Waals surface area contributed by atoms with Crippen LogP contribution in [0, 0.1) is 0 Å². The molecule has 0 radical (unpaired) electrons. The van der Waals surface area contributed by atoms with E-state index in [9.17, 15) is 4.79 Å². The summed E-state index contributed by atoms with van der Waals surface area (Å²) in [5.41, 5.74) is 0. The molecule has 60 valence electrons. The van der Waals surface area contributed by atoms with E-state index in [1.807, 2.05) is 0 Å². The minimum absolute atomic E-state index is 0. The third kappa shape index (κ3) is 14.4. The third-order valence-electron chi connectivity index (χ3n) is 1.48. The molecule has 0 atom stereocenters. The summed E-state index contributed by atoms with van der Waals surface area (Å²) in [4.78, 5) is 10.3. The van der Waals surface area contributed by atoms with Gasteiger partial charge in [0, 0.05) is 5.12 Å². The molecule has 0 bridgehead atoms. The SMILES string of the molecule is CCCCCCCC(=O)[S-].[K+]. The average Bonchev–Trinajstić information content (AvgIpc) is 1.87. The van der Waals surface area contributed by atoms with Crippen LogP contribution in [-0.4, -0.2) is 5.12 Å². The van der Waals surface area contributed by atoms with E-state index in [2.05, 4.69) is 19.6 Å². The quantitative estimate of drug-likeness (QED) is 0.323. The molecule has 0 spiro atoms. The van der Waals surface area contributed by atoms with Gasteiger partial charge in [-0.3, -0.25) is 0 Å². The van der Waals surface area contributed by atoms with Gasteiger partial charge in [0.2, 0.25) is 0 Å². The molecule has 11 heavy (non-hydrogen) atoms. The Morgan fingerprint density at radius 2 is 1.73 bits per heavy atom. The molecule has 1 nitrogen and oxygen atoms in total. The van der Waals surface area contributed by atoms with Crippen molar-refractivity contribution >= 4 is 17.7 Å². The molecule has 0 rings (SSSR count). The van der Waals surface area contributed by atoms with Gasteiger partial charge in [-0.2, -0.15) is 0 Å². The van der Waals surface area contributed by atoms with Gasteiger partial charge in [-0.1, -0.05) is 32.6 Å². The van der Waals surface area contributed by atoms with Gasteiger partial charge in [-0.15, -0.1) is 0 Å². The van der Waals surface area contributed by atoms with Crippen LogP contribution < -0.4 is 51.4 Å². The molecular weight excluding hydrogens is 183 g/mol. The molecular formula is C8H15KOS. The normalized spacial score (nSPS) is 8.82. The van der Waals surface area contributed by atoms with E-state index in [0.29, 0.717) is 6.42 Å². The molecule has 0 saturated carbocycles. The van der Waals surface area contributed by atoms with Gasteiger partial charge in [0.1, 0.15) is 0 Å². The van der Waals surface area contributed by atoms with Crippen molar-refractivity contribution in [1.82, 2.24) is 0 Å². The molecule has 0 unspecified atom stereocenters. The van der Waals surface area contributed by atoms with Crippen LogP contribution in [0.25, 0.3) is 0 Å². The second-order valence-electron chi connectivity index (χ2n) is 2.54. The van der Waals surface area contributed by atoms with E-state index in [0.717, 1.165) is 12.8 Å². The Hall–Kier alpha value is 1.53. The third-order valence-corrected chi connectivity index (χ3v) is 1.69. The average molecular weight is 198 g/mol. The Balaban J connectivity index is 0. The van der Waals surface area contributed by atoms with Gasteiger partial charge in [0.15, 0.2) is 0 Å². The molecule has 0 aromatic rings. The smallest absolute Gasteiger partial charge is 0.742 e. The zero-order valence-electron chi connectivity index (χ0n) is 7.56.